The number of hydrogen-bond donors (Lipinski definition) is 0. The molecule has 0 aliphatic rings. The van der Waals surface area contributed by atoms with Gasteiger partial charge in [-0.3, -0.25) is 0 Å². The zero-order valence-corrected chi connectivity index (χ0v) is 14.6. The summed E-state index contributed by atoms with van der Waals surface area (Å²) in [6.07, 6.45) is 0. The molecule has 0 atom stereocenters. The van der Waals surface area contributed by atoms with Crippen molar-refractivity contribution in [3.05, 3.63) is 58.7 Å². The Labute approximate surface area is 150 Å². The summed E-state index contributed by atoms with van der Waals surface area (Å²) in [6.45, 7) is 0. The van der Waals surface area contributed by atoms with E-state index in [1.165, 1.54) is 0 Å². The van der Waals surface area contributed by atoms with Gasteiger partial charge in [0.05, 0.1) is 19.9 Å². The normalized spacial score (nSPS) is 10.5. The first-order chi connectivity index (χ1) is 11.6. The van der Waals surface area contributed by atoms with Crippen molar-refractivity contribution in [3.8, 4) is 34.1 Å². The smallest absolute Gasteiger partial charge is 0.161 e. The Morgan fingerprint density at radius 2 is 1.42 bits per heavy atom. The van der Waals surface area contributed by atoms with Crippen LogP contribution in [0.1, 0.15) is 0 Å². The highest BCUT2D eigenvalue weighted by Crippen LogP contribution is 2.32. The molecule has 2 aromatic carbocycles. The lowest BCUT2D eigenvalue weighted by molar-refractivity contribution is 0.355. The molecule has 0 radical (unpaired) electrons. The summed E-state index contributed by atoms with van der Waals surface area (Å²) in [6, 6.07) is 14.6. The van der Waals surface area contributed by atoms with Gasteiger partial charge in [-0.25, -0.2) is 9.97 Å². The van der Waals surface area contributed by atoms with Gasteiger partial charge in [-0.1, -0.05) is 35.3 Å². The molecule has 0 aliphatic carbocycles. The Bertz CT molecular complexity index is 867. The monoisotopic (exact) mass is 360 g/mol. The molecular weight excluding hydrogens is 347 g/mol. The van der Waals surface area contributed by atoms with Crippen LogP contribution in [-0.2, 0) is 0 Å². The van der Waals surface area contributed by atoms with E-state index in [2.05, 4.69) is 9.97 Å². The summed E-state index contributed by atoms with van der Waals surface area (Å²) in [5, 5.41) is 1.03. The third-order valence-electron chi connectivity index (χ3n) is 3.48. The Kier molecular flexibility index (Phi) is 4.88. The fraction of sp³-hybridized carbons (Fsp3) is 0.111. The minimum absolute atomic E-state index is 0.361. The molecule has 6 heteroatoms. The van der Waals surface area contributed by atoms with Crippen LogP contribution in [0.3, 0.4) is 0 Å². The van der Waals surface area contributed by atoms with Gasteiger partial charge in [-0.2, -0.15) is 0 Å². The maximum atomic E-state index is 6.18. The van der Waals surface area contributed by atoms with Gasteiger partial charge >= 0.3 is 0 Å². The van der Waals surface area contributed by atoms with Crippen molar-refractivity contribution in [1.29, 1.82) is 0 Å². The Balaban J connectivity index is 2.07. The van der Waals surface area contributed by atoms with Gasteiger partial charge < -0.3 is 9.47 Å². The largest absolute Gasteiger partial charge is 0.493 e. The minimum Gasteiger partial charge on any atom is -0.493 e. The van der Waals surface area contributed by atoms with Crippen LogP contribution in [0.5, 0.6) is 11.5 Å². The molecule has 0 fully saturated rings. The molecule has 0 unspecified atom stereocenters. The van der Waals surface area contributed by atoms with E-state index in [9.17, 15) is 0 Å². The standard InChI is InChI=1S/C18H14Cl2N2O2/c1-23-15-8-5-12(9-16(15)24-2)18-21-14(10-17(20)22-18)11-3-6-13(19)7-4-11/h3-10H,1-2H3. The van der Waals surface area contributed by atoms with Crippen molar-refractivity contribution in [2.45, 2.75) is 0 Å². The van der Waals surface area contributed by atoms with Gasteiger partial charge in [0.25, 0.3) is 0 Å². The van der Waals surface area contributed by atoms with Crippen LogP contribution in [0.4, 0.5) is 0 Å². The molecule has 122 valence electrons. The van der Waals surface area contributed by atoms with Gasteiger partial charge in [-0.15, -0.1) is 0 Å². The third-order valence-corrected chi connectivity index (χ3v) is 3.92. The van der Waals surface area contributed by atoms with Crippen LogP contribution in [0, 0.1) is 0 Å². The van der Waals surface area contributed by atoms with Crippen LogP contribution < -0.4 is 9.47 Å². The van der Waals surface area contributed by atoms with Crippen molar-refractivity contribution in [2.24, 2.45) is 0 Å². The first-order valence-corrected chi connectivity index (χ1v) is 7.89. The van der Waals surface area contributed by atoms with Crippen LogP contribution in [-0.4, -0.2) is 24.2 Å². The molecule has 0 aliphatic heterocycles. The van der Waals surface area contributed by atoms with Gasteiger partial charge in [0.15, 0.2) is 17.3 Å². The fourth-order valence-corrected chi connectivity index (χ4v) is 2.60. The summed E-state index contributed by atoms with van der Waals surface area (Å²) in [5.41, 5.74) is 2.41. The van der Waals surface area contributed by atoms with Gasteiger partial charge in [0.2, 0.25) is 0 Å². The van der Waals surface area contributed by atoms with E-state index in [-0.39, 0.29) is 0 Å². The van der Waals surface area contributed by atoms with Crippen molar-refractivity contribution >= 4 is 23.2 Å². The summed E-state index contributed by atoms with van der Waals surface area (Å²) in [5.74, 6) is 1.75. The van der Waals surface area contributed by atoms with Crippen LogP contribution >= 0.6 is 23.2 Å². The zero-order valence-electron chi connectivity index (χ0n) is 13.1. The van der Waals surface area contributed by atoms with Crippen LogP contribution in [0.25, 0.3) is 22.6 Å². The molecular formula is C18H14Cl2N2O2. The summed E-state index contributed by atoms with van der Waals surface area (Å²) < 4.78 is 10.6. The van der Waals surface area contributed by atoms with Gasteiger partial charge in [-0.05, 0) is 30.3 Å². The first-order valence-electron chi connectivity index (χ1n) is 7.13. The Morgan fingerprint density at radius 3 is 2.08 bits per heavy atom. The predicted octanol–water partition coefficient (Wildman–Crippen LogP) is 5.13. The van der Waals surface area contributed by atoms with E-state index >= 15 is 0 Å². The number of nitrogens with zero attached hydrogens (tertiary/aromatic N) is 2. The molecule has 0 spiro atoms. The minimum atomic E-state index is 0.361. The third kappa shape index (κ3) is 3.45. The van der Waals surface area contributed by atoms with E-state index in [1.54, 1.807) is 26.4 Å². The number of methoxy groups -OCH3 is 2. The molecule has 0 saturated carbocycles. The molecule has 1 heterocycles. The highest BCUT2D eigenvalue weighted by Gasteiger charge is 2.11. The van der Waals surface area contributed by atoms with E-state index in [4.69, 9.17) is 32.7 Å². The highest BCUT2D eigenvalue weighted by atomic mass is 35.5. The number of halogens is 2. The van der Waals surface area contributed by atoms with Gasteiger partial charge in [0, 0.05) is 22.2 Å². The molecule has 3 aromatic rings. The number of hydrogen-bond acceptors (Lipinski definition) is 4. The lowest BCUT2D eigenvalue weighted by Crippen LogP contribution is -1.95. The molecule has 0 amide bonds. The van der Waals surface area contributed by atoms with E-state index < -0.39 is 0 Å². The maximum absolute atomic E-state index is 6.18. The lowest BCUT2D eigenvalue weighted by atomic mass is 10.1. The second kappa shape index (κ2) is 7.07. The molecule has 4 nitrogen and oxygen atoms in total. The first kappa shape index (κ1) is 16.6. The molecule has 3 rings (SSSR count). The molecule has 0 N–H and O–H groups in total. The van der Waals surface area contributed by atoms with Gasteiger partial charge in [0.1, 0.15) is 5.15 Å². The van der Waals surface area contributed by atoms with E-state index in [0.717, 1.165) is 16.8 Å². The van der Waals surface area contributed by atoms with Crippen LogP contribution in [0.15, 0.2) is 48.5 Å². The SMILES string of the molecule is COc1ccc(-c2nc(Cl)cc(-c3ccc(Cl)cc3)n2)cc1OC. The number of rotatable bonds is 4. The maximum Gasteiger partial charge on any atom is 0.161 e. The highest BCUT2D eigenvalue weighted by molar-refractivity contribution is 6.30. The average Bonchev–Trinajstić information content (AvgIpc) is 2.61. The fourth-order valence-electron chi connectivity index (χ4n) is 2.29. The Hall–Kier alpha value is -2.30. The summed E-state index contributed by atoms with van der Waals surface area (Å²) >= 11 is 12.1. The second-order valence-electron chi connectivity index (χ2n) is 4.98. The lowest BCUT2D eigenvalue weighted by Gasteiger charge is -2.10. The van der Waals surface area contributed by atoms with E-state index in [1.807, 2.05) is 36.4 Å². The van der Waals surface area contributed by atoms with E-state index in [0.29, 0.717) is 27.5 Å². The average molecular weight is 361 g/mol. The summed E-state index contributed by atoms with van der Waals surface area (Å²) in [7, 11) is 3.17. The molecule has 0 bridgehead atoms. The van der Waals surface area contributed by atoms with Crippen molar-refractivity contribution < 1.29 is 9.47 Å². The molecule has 24 heavy (non-hydrogen) atoms. The Morgan fingerprint density at radius 1 is 0.750 bits per heavy atom. The number of benzene rings is 2. The zero-order chi connectivity index (χ0) is 17.1. The second-order valence-corrected chi connectivity index (χ2v) is 5.80. The van der Waals surface area contributed by atoms with Crippen molar-refractivity contribution in [2.75, 3.05) is 14.2 Å². The number of ether oxygens (including phenoxy) is 2. The van der Waals surface area contributed by atoms with Crippen molar-refractivity contribution in [3.63, 3.8) is 0 Å². The van der Waals surface area contributed by atoms with Crippen molar-refractivity contribution in [1.82, 2.24) is 9.97 Å². The quantitative estimate of drug-likeness (QED) is 0.604. The number of aromatic nitrogens is 2. The summed E-state index contributed by atoms with van der Waals surface area (Å²) in [4.78, 5) is 8.91. The molecule has 1 aromatic heterocycles. The predicted molar refractivity (Wildman–Crippen MR) is 96.0 cm³/mol. The van der Waals surface area contributed by atoms with Crippen LogP contribution in [0.2, 0.25) is 10.2 Å². The topological polar surface area (TPSA) is 44.2 Å². The molecule has 0 saturated heterocycles.